The van der Waals surface area contributed by atoms with Crippen molar-refractivity contribution in [2.24, 2.45) is 5.92 Å². The van der Waals surface area contributed by atoms with E-state index in [0.29, 0.717) is 49.1 Å². The molecule has 2 fully saturated rings. The van der Waals surface area contributed by atoms with Gasteiger partial charge in [0.15, 0.2) is 0 Å². The molecule has 0 atom stereocenters. The maximum atomic E-state index is 13.1. The first kappa shape index (κ1) is 25.1. The molecule has 0 aliphatic heterocycles. The molecule has 0 unspecified atom stereocenters. The molecule has 4 aromatic rings. The fourth-order valence-corrected chi connectivity index (χ4v) is 6.04. The van der Waals surface area contributed by atoms with E-state index in [9.17, 15) is 20.1 Å². The topological polar surface area (TPSA) is 116 Å². The molecule has 7 nitrogen and oxygen atoms in total. The molecule has 3 aromatic carbocycles. The molecule has 39 heavy (non-hydrogen) atoms. The number of aromatic nitrogens is 1. The zero-order valence-electron chi connectivity index (χ0n) is 20.7. The Bertz CT molecular complexity index is 1740. The number of nitrogens with zero attached hydrogens (tertiary/aromatic N) is 3. The summed E-state index contributed by atoms with van der Waals surface area (Å²) in [4.78, 5) is 29.9. The Morgan fingerprint density at radius 3 is 2.64 bits per heavy atom. The number of fused-ring (bicyclic) bond motifs is 1. The third-order valence-corrected chi connectivity index (χ3v) is 8.57. The van der Waals surface area contributed by atoms with E-state index in [2.05, 4.69) is 22.4 Å². The van der Waals surface area contributed by atoms with Crippen molar-refractivity contribution in [3.63, 3.8) is 0 Å². The number of nitrogens with one attached hydrogen (secondary N) is 1. The van der Waals surface area contributed by atoms with Gasteiger partial charge >= 0.3 is 0 Å². The Labute approximate surface area is 233 Å². The average Bonchev–Trinajstić information content (AvgIpc) is 3.86. The van der Waals surface area contributed by atoms with Crippen LogP contribution < -0.4 is 10.1 Å². The molecule has 1 amide bonds. The van der Waals surface area contributed by atoms with Gasteiger partial charge in [0.25, 0.3) is 5.91 Å². The van der Waals surface area contributed by atoms with Crippen molar-refractivity contribution < 1.29 is 14.3 Å². The lowest BCUT2D eigenvalue weighted by Crippen LogP contribution is -2.14. The Balaban J connectivity index is 1.22. The van der Waals surface area contributed by atoms with Crippen LogP contribution in [0, 0.1) is 28.6 Å². The van der Waals surface area contributed by atoms with E-state index in [4.69, 9.17) is 16.3 Å². The molecule has 0 radical (unpaired) electrons. The smallest absolute Gasteiger partial charge is 0.257 e. The number of ketones is 1. The lowest BCUT2D eigenvalue weighted by Gasteiger charge is -2.13. The summed E-state index contributed by atoms with van der Waals surface area (Å²) in [6.07, 6.45) is 3.65. The highest BCUT2D eigenvalue weighted by Gasteiger charge is 2.46. The standard InChI is InChI=1S/C30H21ClN4O3S/c31-27-20(5-2-6-22(27)30(16-33)11-12-30)29(37)34-18-3-1-4-19(13-18)38-25-10-9-23-28(21(25)15-32)39-26(35-23)14-24(36)17-7-8-17/h1-6,9-10,13,17H,7-8,11-12,14H2,(H,34,37). The number of amides is 1. The molecule has 2 saturated carbocycles. The minimum absolute atomic E-state index is 0.159. The lowest BCUT2D eigenvalue weighted by molar-refractivity contribution is -0.119. The molecule has 192 valence electrons. The number of thiazole rings is 1. The maximum Gasteiger partial charge on any atom is 0.257 e. The first-order valence-electron chi connectivity index (χ1n) is 12.6. The number of benzene rings is 3. The third kappa shape index (κ3) is 4.85. The minimum Gasteiger partial charge on any atom is -0.456 e. The summed E-state index contributed by atoms with van der Waals surface area (Å²) in [6, 6.07) is 20.0. The number of carbonyl (C=O) groups is 2. The Morgan fingerprint density at radius 2 is 1.92 bits per heavy atom. The predicted octanol–water partition coefficient (Wildman–Crippen LogP) is 6.94. The molecule has 0 spiro atoms. The van der Waals surface area contributed by atoms with Gasteiger partial charge in [0.2, 0.25) is 0 Å². The zero-order valence-corrected chi connectivity index (χ0v) is 22.2. The summed E-state index contributed by atoms with van der Waals surface area (Å²) in [5, 5.41) is 23.3. The number of hydrogen-bond acceptors (Lipinski definition) is 7. The van der Waals surface area contributed by atoms with Crippen LogP contribution in [0.3, 0.4) is 0 Å². The molecule has 1 heterocycles. The van der Waals surface area contributed by atoms with Crippen molar-refractivity contribution in [1.82, 2.24) is 4.98 Å². The SMILES string of the molecule is N#Cc1c(Oc2cccc(NC(=O)c3cccc(C4(C#N)CC4)c3Cl)c2)ccc2nc(CC(=O)C3CC3)sc12. The van der Waals surface area contributed by atoms with Crippen LogP contribution in [-0.4, -0.2) is 16.7 Å². The quantitative estimate of drug-likeness (QED) is 0.253. The van der Waals surface area contributed by atoms with E-state index in [-0.39, 0.29) is 23.1 Å². The van der Waals surface area contributed by atoms with Gasteiger partial charge in [-0.3, -0.25) is 9.59 Å². The van der Waals surface area contributed by atoms with Crippen LogP contribution in [0.1, 0.15) is 52.2 Å². The first-order chi connectivity index (χ1) is 18.9. The molecule has 1 aromatic heterocycles. The van der Waals surface area contributed by atoms with E-state index in [1.807, 2.05) is 0 Å². The molecule has 1 N–H and O–H groups in total. The summed E-state index contributed by atoms with van der Waals surface area (Å²) in [7, 11) is 0. The molecule has 6 rings (SSSR count). The number of halogens is 1. The normalized spacial score (nSPS) is 15.3. The van der Waals surface area contributed by atoms with Crippen molar-refractivity contribution in [2.75, 3.05) is 5.32 Å². The Kier molecular flexibility index (Phi) is 6.31. The summed E-state index contributed by atoms with van der Waals surface area (Å²) in [6.45, 7) is 0. The van der Waals surface area contributed by atoms with Crippen LogP contribution in [0.5, 0.6) is 11.5 Å². The fraction of sp³-hybridized carbons (Fsp3) is 0.233. The van der Waals surface area contributed by atoms with Crippen LogP contribution in [0.2, 0.25) is 5.02 Å². The summed E-state index contributed by atoms with van der Waals surface area (Å²) >= 11 is 7.89. The molecule has 2 aliphatic carbocycles. The highest BCUT2D eigenvalue weighted by atomic mass is 35.5. The third-order valence-electron chi connectivity index (χ3n) is 7.08. The highest BCUT2D eigenvalue weighted by Crippen LogP contribution is 2.50. The van der Waals surface area contributed by atoms with E-state index in [1.54, 1.807) is 54.6 Å². The minimum atomic E-state index is -0.605. The van der Waals surface area contributed by atoms with Gasteiger partial charge < -0.3 is 10.1 Å². The van der Waals surface area contributed by atoms with Crippen LogP contribution in [0.15, 0.2) is 54.6 Å². The van der Waals surface area contributed by atoms with Crippen LogP contribution >= 0.6 is 22.9 Å². The number of rotatable bonds is 8. The molecule has 9 heteroatoms. The number of hydrogen-bond donors (Lipinski definition) is 1. The van der Waals surface area contributed by atoms with Crippen LogP contribution in [0.25, 0.3) is 10.2 Å². The number of Topliss-reactive ketones (excluding diaryl/α,β-unsaturated/α-hetero) is 1. The Hall–Kier alpha value is -4.24. The summed E-state index contributed by atoms with van der Waals surface area (Å²) in [5.74, 6) is 0.752. The molecule has 2 aliphatic rings. The van der Waals surface area contributed by atoms with Gasteiger partial charge in [0.1, 0.15) is 33.9 Å². The van der Waals surface area contributed by atoms with Gasteiger partial charge in [-0.1, -0.05) is 29.8 Å². The molecule has 0 saturated heterocycles. The molecular weight excluding hydrogens is 532 g/mol. The summed E-state index contributed by atoms with van der Waals surface area (Å²) < 4.78 is 6.74. The van der Waals surface area contributed by atoms with Crippen molar-refractivity contribution in [1.29, 1.82) is 10.5 Å². The lowest BCUT2D eigenvalue weighted by atomic mass is 9.95. The van der Waals surface area contributed by atoms with E-state index < -0.39 is 11.3 Å². The average molecular weight is 553 g/mol. The maximum absolute atomic E-state index is 13.1. The van der Waals surface area contributed by atoms with Gasteiger partial charge in [0, 0.05) is 17.7 Å². The monoisotopic (exact) mass is 552 g/mol. The van der Waals surface area contributed by atoms with Crippen LogP contribution in [0.4, 0.5) is 5.69 Å². The van der Waals surface area contributed by atoms with E-state index in [1.165, 1.54) is 11.3 Å². The van der Waals surface area contributed by atoms with Crippen LogP contribution in [-0.2, 0) is 16.6 Å². The second-order valence-electron chi connectivity index (χ2n) is 9.87. The van der Waals surface area contributed by atoms with E-state index >= 15 is 0 Å². The van der Waals surface area contributed by atoms with Gasteiger partial charge in [-0.05, 0) is 61.6 Å². The van der Waals surface area contributed by atoms with Crippen molar-refractivity contribution in [2.45, 2.75) is 37.5 Å². The van der Waals surface area contributed by atoms with Crippen molar-refractivity contribution in [3.8, 4) is 23.6 Å². The van der Waals surface area contributed by atoms with Gasteiger partial charge in [-0.15, -0.1) is 11.3 Å². The first-order valence-corrected chi connectivity index (χ1v) is 13.7. The Morgan fingerprint density at radius 1 is 1.13 bits per heavy atom. The van der Waals surface area contributed by atoms with Gasteiger partial charge in [-0.25, -0.2) is 4.98 Å². The van der Waals surface area contributed by atoms with E-state index in [0.717, 1.165) is 25.7 Å². The molecule has 0 bridgehead atoms. The number of carbonyl (C=O) groups excluding carboxylic acids is 2. The predicted molar refractivity (Wildman–Crippen MR) is 148 cm³/mol. The number of ether oxygens (including phenoxy) is 1. The second kappa shape index (κ2) is 9.81. The fourth-order valence-electron chi connectivity index (χ4n) is 4.59. The number of anilines is 1. The largest absolute Gasteiger partial charge is 0.456 e. The summed E-state index contributed by atoms with van der Waals surface area (Å²) in [5.41, 5.74) is 1.86. The van der Waals surface area contributed by atoms with Crippen molar-refractivity contribution in [3.05, 3.63) is 81.3 Å². The van der Waals surface area contributed by atoms with Gasteiger partial charge in [0.05, 0.1) is 38.7 Å². The second-order valence-corrected chi connectivity index (χ2v) is 11.3. The zero-order chi connectivity index (χ0) is 27.1. The van der Waals surface area contributed by atoms with Gasteiger partial charge in [-0.2, -0.15) is 10.5 Å². The van der Waals surface area contributed by atoms with Crippen molar-refractivity contribution >= 4 is 50.5 Å². The number of nitriles is 2. The molecular formula is C30H21ClN4O3S. The highest BCUT2D eigenvalue weighted by molar-refractivity contribution is 7.19.